The molecule has 1 heterocycles. The van der Waals surface area contributed by atoms with Gasteiger partial charge in [-0.2, -0.15) is 11.8 Å². The SMILES string of the molecule is CC(C)CSCCCNC(=O)N[C@@H]1C(=O)NCC[C@@H]1C. The lowest BCUT2D eigenvalue weighted by atomic mass is 9.94. The zero-order valence-corrected chi connectivity index (χ0v) is 13.5. The van der Waals surface area contributed by atoms with E-state index in [1.165, 1.54) is 0 Å². The van der Waals surface area contributed by atoms with Crippen molar-refractivity contribution < 1.29 is 9.59 Å². The van der Waals surface area contributed by atoms with E-state index in [0.717, 1.165) is 24.3 Å². The Morgan fingerprint density at radius 1 is 1.50 bits per heavy atom. The van der Waals surface area contributed by atoms with Gasteiger partial charge in [-0.25, -0.2) is 4.79 Å². The molecular formula is C14H27N3O2S. The third-order valence-electron chi connectivity index (χ3n) is 3.24. The number of thioether (sulfide) groups is 1. The van der Waals surface area contributed by atoms with Crippen LogP contribution in [0.3, 0.4) is 0 Å². The highest BCUT2D eigenvalue weighted by molar-refractivity contribution is 7.99. The second-order valence-corrected chi connectivity index (χ2v) is 6.91. The van der Waals surface area contributed by atoms with Gasteiger partial charge in [-0.3, -0.25) is 4.79 Å². The van der Waals surface area contributed by atoms with Crippen LogP contribution in [0, 0.1) is 11.8 Å². The molecule has 0 radical (unpaired) electrons. The molecule has 0 aliphatic carbocycles. The molecule has 116 valence electrons. The van der Waals surface area contributed by atoms with E-state index in [2.05, 4.69) is 29.8 Å². The topological polar surface area (TPSA) is 70.2 Å². The Balaban J connectivity index is 2.12. The molecule has 0 bridgehead atoms. The molecule has 0 saturated carbocycles. The average Bonchev–Trinajstić information content (AvgIpc) is 2.38. The summed E-state index contributed by atoms with van der Waals surface area (Å²) in [5, 5.41) is 8.35. The number of hydrogen-bond donors (Lipinski definition) is 3. The zero-order chi connectivity index (χ0) is 15.0. The monoisotopic (exact) mass is 301 g/mol. The van der Waals surface area contributed by atoms with Crippen LogP contribution in [0.2, 0.25) is 0 Å². The summed E-state index contributed by atoms with van der Waals surface area (Å²) in [4.78, 5) is 23.4. The van der Waals surface area contributed by atoms with Gasteiger partial charge in [0.25, 0.3) is 0 Å². The summed E-state index contributed by atoms with van der Waals surface area (Å²) in [5.41, 5.74) is 0. The first-order chi connectivity index (χ1) is 9.50. The molecular weight excluding hydrogens is 274 g/mol. The summed E-state index contributed by atoms with van der Waals surface area (Å²) in [6, 6.07) is -0.646. The minimum Gasteiger partial charge on any atom is -0.354 e. The highest BCUT2D eigenvalue weighted by Crippen LogP contribution is 2.12. The normalized spacial score (nSPS) is 22.5. The first kappa shape index (κ1) is 17.1. The molecule has 1 saturated heterocycles. The third kappa shape index (κ3) is 6.50. The van der Waals surface area contributed by atoms with Crippen molar-refractivity contribution in [3.05, 3.63) is 0 Å². The van der Waals surface area contributed by atoms with E-state index in [1.807, 2.05) is 18.7 Å². The molecule has 1 fully saturated rings. The number of hydrogen-bond acceptors (Lipinski definition) is 3. The molecule has 1 rings (SSSR count). The Hall–Kier alpha value is -0.910. The third-order valence-corrected chi connectivity index (χ3v) is 4.72. The summed E-state index contributed by atoms with van der Waals surface area (Å²) in [6.45, 7) is 7.75. The fraction of sp³-hybridized carbons (Fsp3) is 0.857. The predicted octanol–water partition coefficient (Wildman–Crippen LogP) is 1.59. The summed E-state index contributed by atoms with van der Waals surface area (Å²) in [6.07, 6.45) is 1.86. The number of urea groups is 1. The first-order valence-electron chi connectivity index (χ1n) is 7.40. The predicted molar refractivity (Wildman–Crippen MR) is 83.9 cm³/mol. The maximum Gasteiger partial charge on any atom is 0.315 e. The van der Waals surface area contributed by atoms with Crippen LogP contribution in [0.1, 0.15) is 33.6 Å². The van der Waals surface area contributed by atoms with Gasteiger partial charge in [-0.15, -0.1) is 0 Å². The van der Waals surface area contributed by atoms with Crippen LogP contribution in [0.15, 0.2) is 0 Å². The van der Waals surface area contributed by atoms with Crippen molar-refractivity contribution in [3.63, 3.8) is 0 Å². The van der Waals surface area contributed by atoms with Gasteiger partial charge in [0, 0.05) is 13.1 Å². The molecule has 3 amide bonds. The number of carbonyl (C=O) groups is 2. The zero-order valence-electron chi connectivity index (χ0n) is 12.7. The highest BCUT2D eigenvalue weighted by atomic mass is 32.2. The molecule has 0 aromatic rings. The van der Waals surface area contributed by atoms with E-state index in [9.17, 15) is 9.59 Å². The van der Waals surface area contributed by atoms with Gasteiger partial charge in [0.05, 0.1) is 0 Å². The van der Waals surface area contributed by atoms with Crippen LogP contribution >= 0.6 is 11.8 Å². The van der Waals surface area contributed by atoms with E-state index in [4.69, 9.17) is 0 Å². The van der Waals surface area contributed by atoms with Gasteiger partial charge in [0.2, 0.25) is 5.91 Å². The molecule has 5 nitrogen and oxygen atoms in total. The van der Waals surface area contributed by atoms with Crippen molar-refractivity contribution in [1.29, 1.82) is 0 Å². The lowest BCUT2D eigenvalue weighted by Crippen LogP contribution is -2.56. The first-order valence-corrected chi connectivity index (χ1v) is 8.56. The second kappa shape index (κ2) is 9.10. The Morgan fingerprint density at radius 3 is 2.90 bits per heavy atom. The van der Waals surface area contributed by atoms with Gasteiger partial charge in [-0.1, -0.05) is 20.8 Å². The molecule has 0 unspecified atom stereocenters. The maximum atomic E-state index is 11.7. The Kier molecular flexibility index (Phi) is 7.80. The summed E-state index contributed by atoms with van der Waals surface area (Å²) in [7, 11) is 0. The van der Waals surface area contributed by atoms with Crippen LogP contribution in [0.25, 0.3) is 0 Å². The molecule has 0 spiro atoms. The largest absolute Gasteiger partial charge is 0.354 e. The number of piperidine rings is 1. The van der Waals surface area contributed by atoms with Gasteiger partial charge in [0.1, 0.15) is 6.04 Å². The number of rotatable bonds is 7. The summed E-state index contributed by atoms with van der Waals surface area (Å²) < 4.78 is 0. The second-order valence-electron chi connectivity index (χ2n) is 5.76. The van der Waals surface area contributed by atoms with Crippen LogP contribution in [0.4, 0.5) is 4.79 Å². The summed E-state index contributed by atoms with van der Waals surface area (Å²) >= 11 is 1.91. The van der Waals surface area contributed by atoms with Crippen LogP contribution in [-0.2, 0) is 4.79 Å². The van der Waals surface area contributed by atoms with E-state index in [1.54, 1.807) is 0 Å². The molecule has 0 aromatic carbocycles. The quantitative estimate of drug-likeness (QED) is 0.625. The van der Waals surface area contributed by atoms with Crippen LogP contribution in [-0.4, -0.2) is 42.6 Å². The fourth-order valence-electron chi connectivity index (χ4n) is 2.05. The summed E-state index contributed by atoms with van der Waals surface area (Å²) in [5.74, 6) is 3.04. The number of amides is 3. The van der Waals surface area contributed by atoms with Crippen LogP contribution < -0.4 is 16.0 Å². The minimum absolute atomic E-state index is 0.0774. The van der Waals surface area contributed by atoms with Gasteiger partial charge in [0.15, 0.2) is 0 Å². The Morgan fingerprint density at radius 2 is 2.25 bits per heavy atom. The smallest absolute Gasteiger partial charge is 0.315 e. The molecule has 0 aromatic heterocycles. The molecule has 3 N–H and O–H groups in total. The average molecular weight is 301 g/mol. The highest BCUT2D eigenvalue weighted by Gasteiger charge is 2.29. The lowest BCUT2D eigenvalue weighted by Gasteiger charge is -2.28. The van der Waals surface area contributed by atoms with E-state index in [-0.39, 0.29) is 17.9 Å². The fourth-order valence-corrected chi connectivity index (χ4v) is 3.04. The van der Waals surface area contributed by atoms with Crippen molar-refractivity contribution in [1.82, 2.24) is 16.0 Å². The lowest BCUT2D eigenvalue weighted by molar-refractivity contribution is -0.125. The molecule has 2 atom stereocenters. The standard InChI is InChI=1S/C14H27N3O2S/c1-10(2)9-20-8-4-6-16-14(19)17-12-11(3)5-7-15-13(12)18/h10-12H,4-9H2,1-3H3,(H,15,18)(H2,16,17,19)/t11-,12-/m0/s1. The molecule has 6 heteroatoms. The Bertz CT molecular complexity index is 324. The van der Waals surface area contributed by atoms with Gasteiger partial charge < -0.3 is 16.0 Å². The van der Waals surface area contributed by atoms with Crippen molar-refractivity contribution in [2.45, 2.75) is 39.7 Å². The van der Waals surface area contributed by atoms with Crippen LogP contribution in [0.5, 0.6) is 0 Å². The van der Waals surface area contributed by atoms with Gasteiger partial charge >= 0.3 is 6.03 Å². The van der Waals surface area contributed by atoms with E-state index >= 15 is 0 Å². The maximum absolute atomic E-state index is 11.7. The number of nitrogens with one attached hydrogen (secondary N) is 3. The van der Waals surface area contributed by atoms with Crippen molar-refractivity contribution in [2.75, 3.05) is 24.6 Å². The van der Waals surface area contributed by atoms with E-state index < -0.39 is 6.04 Å². The molecule has 20 heavy (non-hydrogen) atoms. The van der Waals surface area contributed by atoms with Crippen molar-refractivity contribution in [2.24, 2.45) is 11.8 Å². The van der Waals surface area contributed by atoms with E-state index in [0.29, 0.717) is 19.0 Å². The minimum atomic E-state index is -0.404. The molecule has 1 aliphatic heterocycles. The molecule has 1 aliphatic rings. The van der Waals surface area contributed by atoms with Gasteiger partial charge in [-0.05, 0) is 36.2 Å². The van der Waals surface area contributed by atoms with Crippen molar-refractivity contribution in [3.8, 4) is 0 Å². The number of carbonyl (C=O) groups excluding carboxylic acids is 2. The van der Waals surface area contributed by atoms with Crippen molar-refractivity contribution >= 4 is 23.7 Å². The Labute approximate surface area is 126 Å².